The van der Waals surface area contributed by atoms with Crippen LogP contribution in [0, 0.1) is 11.3 Å². The van der Waals surface area contributed by atoms with Gasteiger partial charge in [0.25, 0.3) is 5.91 Å². The second-order valence-corrected chi connectivity index (χ2v) is 8.44. The maximum atomic E-state index is 12.7. The normalized spacial score (nSPS) is 15.6. The largest absolute Gasteiger partial charge is 0.347 e. The van der Waals surface area contributed by atoms with Crippen LogP contribution < -0.4 is 5.32 Å². The second-order valence-electron chi connectivity index (χ2n) is 7.53. The first-order valence-corrected chi connectivity index (χ1v) is 9.90. The summed E-state index contributed by atoms with van der Waals surface area (Å²) in [5.74, 6) is 0.0123. The molecule has 2 N–H and O–H groups in total. The van der Waals surface area contributed by atoms with Gasteiger partial charge in [-0.25, -0.2) is 0 Å². The highest BCUT2D eigenvalue weighted by Crippen LogP contribution is 2.47. The van der Waals surface area contributed by atoms with Crippen LogP contribution in [0.3, 0.4) is 0 Å². The van der Waals surface area contributed by atoms with Gasteiger partial charge in [-0.3, -0.25) is 19.7 Å². The molecule has 1 aliphatic rings. The third kappa shape index (κ3) is 4.16. The summed E-state index contributed by atoms with van der Waals surface area (Å²) in [5, 5.41) is 15.5. The second kappa shape index (κ2) is 7.87. The maximum Gasteiger partial charge on any atom is 0.259 e. The van der Waals surface area contributed by atoms with Gasteiger partial charge in [0, 0.05) is 24.8 Å². The van der Waals surface area contributed by atoms with Crippen LogP contribution in [0.2, 0.25) is 0 Å². The number of benzene rings is 1. The van der Waals surface area contributed by atoms with Crippen molar-refractivity contribution in [2.45, 2.75) is 31.7 Å². The molecule has 3 rings (SSSR count). The zero-order valence-corrected chi connectivity index (χ0v) is 17.8. The van der Waals surface area contributed by atoms with Crippen LogP contribution in [0.5, 0.6) is 0 Å². The molecule has 2 amide bonds. The highest BCUT2D eigenvalue weighted by molar-refractivity contribution is 9.10. The lowest BCUT2D eigenvalue weighted by Gasteiger charge is -2.31. The highest BCUT2D eigenvalue weighted by Gasteiger charge is 2.46. The quantitative estimate of drug-likeness (QED) is 0.528. The number of rotatable bonds is 6. The van der Waals surface area contributed by atoms with Crippen LogP contribution in [0.25, 0.3) is 0 Å². The number of amides is 2. The van der Waals surface area contributed by atoms with E-state index in [9.17, 15) is 9.59 Å². The molecule has 1 aromatic heterocycles. The number of likely N-dealkylation sites (N-methyl/N-ethyl adjacent to an activating group) is 1. The van der Waals surface area contributed by atoms with Gasteiger partial charge in [-0.05, 0) is 43.4 Å². The summed E-state index contributed by atoms with van der Waals surface area (Å²) in [4.78, 5) is 25.9. The molecule has 8 heteroatoms. The van der Waals surface area contributed by atoms with Gasteiger partial charge in [-0.1, -0.05) is 28.1 Å². The van der Waals surface area contributed by atoms with Crippen molar-refractivity contribution in [2.75, 3.05) is 14.1 Å². The third-order valence-corrected chi connectivity index (χ3v) is 5.82. The average molecular weight is 446 g/mol. The van der Waals surface area contributed by atoms with Crippen molar-refractivity contribution in [1.29, 1.82) is 5.41 Å². The first-order chi connectivity index (χ1) is 13.2. The molecule has 2 aromatic rings. The number of nitrogens with zero attached hydrogens (tertiary/aromatic N) is 3. The zero-order valence-electron chi connectivity index (χ0n) is 16.2. The Labute approximate surface area is 172 Å². The molecule has 0 radical (unpaired) electrons. The van der Waals surface area contributed by atoms with E-state index < -0.39 is 11.3 Å². The highest BCUT2D eigenvalue weighted by atomic mass is 79.9. The maximum absolute atomic E-state index is 12.7. The van der Waals surface area contributed by atoms with Gasteiger partial charge >= 0.3 is 0 Å². The van der Waals surface area contributed by atoms with Crippen LogP contribution >= 0.6 is 15.9 Å². The van der Waals surface area contributed by atoms with Crippen molar-refractivity contribution in [3.8, 4) is 0 Å². The molecule has 28 heavy (non-hydrogen) atoms. The monoisotopic (exact) mass is 445 g/mol. The van der Waals surface area contributed by atoms with Gasteiger partial charge in [0.15, 0.2) is 0 Å². The fraction of sp³-hybridized carbons (Fsp3) is 0.400. The SMILES string of the molecule is CN(C)C(=O)Cn1cc(C(=O)NC(=N)C(C)(c2ccc(Br)cc2)C2CC2)cn1. The van der Waals surface area contributed by atoms with Crippen molar-refractivity contribution >= 4 is 33.6 Å². The predicted octanol–water partition coefficient (Wildman–Crippen LogP) is 2.81. The minimum atomic E-state index is -0.548. The van der Waals surface area contributed by atoms with E-state index in [2.05, 4.69) is 26.3 Å². The molecule has 0 bridgehead atoms. The number of aromatic nitrogens is 2. The van der Waals surface area contributed by atoms with E-state index in [1.807, 2.05) is 31.2 Å². The van der Waals surface area contributed by atoms with Crippen molar-refractivity contribution < 1.29 is 9.59 Å². The molecule has 1 heterocycles. The average Bonchev–Trinajstić information content (AvgIpc) is 3.41. The molecule has 1 aromatic carbocycles. The Morgan fingerprint density at radius 3 is 2.54 bits per heavy atom. The Morgan fingerprint density at radius 2 is 1.96 bits per heavy atom. The van der Waals surface area contributed by atoms with Gasteiger partial charge in [0.1, 0.15) is 12.4 Å². The Morgan fingerprint density at radius 1 is 1.32 bits per heavy atom. The molecule has 1 unspecified atom stereocenters. The van der Waals surface area contributed by atoms with E-state index in [1.165, 1.54) is 22.0 Å². The fourth-order valence-electron chi connectivity index (χ4n) is 3.20. The van der Waals surface area contributed by atoms with Gasteiger partial charge in [-0.2, -0.15) is 5.10 Å². The molecule has 148 valence electrons. The summed E-state index contributed by atoms with van der Waals surface area (Å²) in [6, 6.07) is 7.90. The smallest absolute Gasteiger partial charge is 0.259 e. The summed E-state index contributed by atoms with van der Waals surface area (Å²) in [5.41, 5.74) is 0.786. The first kappa shape index (κ1) is 20.3. The standard InChI is InChI=1S/C20H24BrN5O2/c1-20(14-4-5-14,15-6-8-16(21)9-7-15)19(22)24-18(28)13-10-23-26(11-13)12-17(27)25(2)3/h6-11,14H,4-5,12H2,1-3H3,(H2,22,24,28). The zero-order chi connectivity index (χ0) is 20.5. The molecule has 0 aliphatic heterocycles. The molecule has 1 atom stereocenters. The third-order valence-electron chi connectivity index (χ3n) is 5.29. The van der Waals surface area contributed by atoms with Crippen molar-refractivity contribution in [1.82, 2.24) is 20.0 Å². The summed E-state index contributed by atoms with van der Waals surface area (Å²) >= 11 is 3.44. The van der Waals surface area contributed by atoms with Gasteiger partial charge in [0.2, 0.25) is 5.91 Å². The number of hydrogen-bond acceptors (Lipinski definition) is 4. The van der Waals surface area contributed by atoms with Gasteiger partial charge in [-0.15, -0.1) is 0 Å². The molecular weight excluding hydrogens is 422 g/mol. The summed E-state index contributed by atoms with van der Waals surface area (Å²) in [6.07, 6.45) is 5.02. The fourth-order valence-corrected chi connectivity index (χ4v) is 3.47. The summed E-state index contributed by atoms with van der Waals surface area (Å²) in [6.45, 7) is 2.08. The van der Waals surface area contributed by atoms with Crippen LogP contribution in [0.1, 0.15) is 35.7 Å². The number of nitrogens with one attached hydrogen (secondary N) is 2. The Hall–Kier alpha value is -2.48. The predicted molar refractivity (Wildman–Crippen MR) is 110 cm³/mol. The number of carbonyl (C=O) groups is 2. The van der Waals surface area contributed by atoms with Gasteiger partial charge < -0.3 is 10.2 Å². The molecule has 0 spiro atoms. The van der Waals surface area contributed by atoms with Gasteiger partial charge in [0.05, 0.1) is 17.2 Å². The van der Waals surface area contributed by atoms with E-state index in [1.54, 1.807) is 14.1 Å². The van der Waals surface area contributed by atoms with E-state index in [0.717, 1.165) is 22.9 Å². The Balaban J connectivity index is 1.74. The van der Waals surface area contributed by atoms with E-state index in [-0.39, 0.29) is 18.3 Å². The number of hydrogen-bond donors (Lipinski definition) is 2. The van der Waals surface area contributed by atoms with E-state index in [4.69, 9.17) is 5.41 Å². The summed E-state index contributed by atoms with van der Waals surface area (Å²) in [7, 11) is 3.34. The van der Waals surface area contributed by atoms with E-state index >= 15 is 0 Å². The minimum Gasteiger partial charge on any atom is -0.347 e. The van der Waals surface area contributed by atoms with E-state index in [0.29, 0.717) is 11.5 Å². The minimum absolute atomic E-state index is 0.0659. The Bertz CT molecular complexity index is 902. The van der Waals surface area contributed by atoms with Crippen LogP contribution in [0.15, 0.2) is 41.1 Å². The lowest BCUT2D eigenvalue weighted by atomic mass is 9.76. The number of amidine groups is 1. The summed E-state index contributed by atoms with van der Waals surface area (Å²) < 4.78 is 2.40. The van der Waals surface area contributed by atoms with Crippen molar-refractivity contribution in [3.05, 3.63) is 52.3 Å². The number of halogens is 1. The van der Waals surface area contributed by atoms with Crippen LogP contribution in [0.4, 0.5) is 0 Å². The topological polar surface area (TPSA) is 91.1 Å². The first-order valence-electron chi connectivity index (χ1n) is 9.11. The molecule has 1 aliphatic carbocycles. The lowest BCUT2D eigenvalue weighted by Crippen LogP contribution is -2.45. The molecule has 1 fully saturated rings. The number of carbonyl (C=O) groups excluding carboxylic acids is 2. The van der Waals surface area contributed by atoms with Crippen molar-refractivity contribution in [3.63, 3.8) is 0 Å². The van der Waals surface area contributed by atoms with Crippen molar-refractivity contribution in [2.24, 2.45) is 5.92 Å². The Kier molecular flexibility index (Phi) is 5.69. The molecule has 7 nitrogen and oxygen atoms in total. The van der Waals surface area contributed by atoms with Crippen LogP contribution in [-0.2, 0) is 16.8 Å². The van der Waals surface area contributed by atoms with Crippen LogP contribution in [-0.4, -0.2) is 46.4 Å². The lowest BCUT2D eigenvalue weighted by molar-refractivity contribution is -0.129. The molecule has 0 saturated heterocycles. The molecule has 1 saturated carbocycles. The molecular formula is C20H24BrN5O2.